The Hall–Kier alpha value is -1.42. The van der Waals surface area contributed by atoms with Gasteiger partial charge in [0.2, 0.25) is 0 Å². The van der Waals surface area contributed by atoms with E-state index < -0.39 is 33.9 Å². The number of benzene rings is 1. The summed E-state index contributed by atoms with van der Waals surface area (Å²) >= 11 is 1.74. The Kier molecular flexibility index (Phi) is 7.79. The molecule has 1 heterocycles. The van der Waals surface area contributed by atoms with Gasteiger partial charge in [-0.05, 0) is 86.3 Å². The van der Waals surface area contributed by atoms with E-state index in [4.69, 9.17) is 9.47 Å². The number of alkyl halides is 3. The van der Waals surface area contributed by atoms with Crippen LogP contribution in [0.5, 0.6) is 0 Å². The van der Waals surface area contributed by atoms with Gasteiger partial charge in [0, 0.05) is 41.4 Å². The molecule has 4 aliphatic carbocycles. The van der Waals surface area contributed by atoms with E-state index in [0.29, 0.717) is 65.1 Å². The van der Waals surface area contributed by atoms with Crippen LogP contribution in [0.1, 0.15) is 104 Å². The topological polar surface area (TPSA) is 68.1 Å². The van der Waals surface area contributed by atoms with E-state index in [-0.39, 0.29) is 29.6 Å². The molecule has 1 aromatic carbocycles. The molecular weight excluding hydrogens is 587 g/mol. The fourth-order valence-corrected chi connectivity index (χ4v) is 10.4. The average Bonchev–Trinajstić information content (AvgIpc) is 3.25. The number of thioether (sulfide) groups is 1. The third kappa shape index (κ3) is 4.68. The molecule has 44 heavy (non-hydrogen) atoms. The van der Waals surface area contributed by atoms with Crippen molar-refractivity contribution < 1.29 is 27.8 Å². The van der Waals surface area contributed by atoms with Gasteiger partial charge in [-0.25, -0.2) is 13.2 Å². The standard InChI is InChI=1S/C35H48F3NO4S/c1-7-44-23-10-8-22(9-11-23)25-18-30(4)26(14-17-35(30,40)31(5,36)32(6,37)38)24-12-15-33(39-41)19-34(16-13-27(33)28(24)25)42-20-29(2,3)21-43-34/h8-11,24-26,40H,7,12-21H2,1-6H3. The van der Waals surface area contributed by atoms with E-state index in [9.17, 15) is 18.8 Å². The molecule has 1 aliphatic heterocycles. The largest absolute Gasteiger partial charge is 0.386 e. The van der Waals surface area contributed by atoms with Gasteiger partial charge < -0.3 is 14.6 Å². The molecule has 0 amide bonds. The minimum Gasteiger partial charge on any atom is -0.386 e. The molecule has 0 radical (unpaired) electrons. The first-order chi connectivity index (χ1) is 20.5. The lowest BCUT2D eigenvalue weighted by molar-refractivity contribution is -0.313. The second kappa shape index (κ2) is 10.5. The van der Waals surface area contributed by atoms with E-state index in [1.54, 1.807) is 11.8 Å². The molecule has 7 unspecified atom stereocenters. The number of allylic oxidation sites excluding steroid dienone is 1. The summed E-state index contributed by atoms with van der Waals surface area (Å²) in [6, 6.07) is 8.32. The van der Waals surface area contributed by atoms with Gasteiger partial charge in [0.05, 0.1) is 13.2 Å². The van der Waals surface area contributed by atoms with Gasteiger partial charge in [0.15, 0.2) is 11.5 Å². The predicted molar refractivity (Wildman–Crippen MR) is 167 cm³/mol. The van der Waals surface area contributed by atoms with Crippen LogP contribution in [-0.4, -0.2) is 52.6 Å². The summed E-state index contributed by atoms with van der Waals surface area (Å²) in [5.74, 6) is -4.15. The molecule has 7 atom stereocenters. The Labute approximate surface area is 264 Å². The molecular formula is C35H48F3NO4S. The maximum atomic E-state index is 16.3. The lowest BCUT2D eigenvalue weighted by Crippen LogP contribution is -2.66. The van der Waals surface area contributed by atoms with Crippen LogP contribution in [0.15, 0.2) is 45.5 Å². The number of nitroso groups, excluding NO2 is 1. The van der Waals surface area contributed by atoms with Crippen LogP contribution in [-0.2, 0) is 9.47 Å². The number of halogens is 3. The number of ether oxygens (including phenoxy) is 2. The van der Waals surface area contributed by atoms with Gasteiger partial charge in [0.25, 0.3) is 5.92 Å². The van der Waals surface area contributed by atoms with Crippen LogP contribution < -0.4 is 0 Å². The van der Waals surface area contributed by atoms with Crippen LogP contribution in [0.2, 0.25) is 0 Å². The summed E-state index contributed by atoms with van der Waals surface area (Å²) in [6.45, 7) is 10.7. The number of hydrogen-bond acceptors (Lipinski definition) is 6. The van der Waals surface area contributed by atoms with E-state index in [1.165, 1.54) is 0 Å². The van der Waals surface area contributed by atoms with E-state index >= 15 is 4.39 Å². The lowest BCUT2D eigenvalue weighted by atomic mass is 9.48. The third-order valence-corrected chi connectivity index (χ3v) is 13.3. The molecule has 0 bridgehead atoms. The Morgan fingerprint density at radius 2 is 1.68 bits per heavy atom. The normalized spacial score (nSPS) is 39.3. The average molecular weight is 636 g/mol. The molecule has 9 heteroatoms. The summed E-state index contributed by atoms with van der Waals surface area (Å²) in [7, 11) is 0. The van der Waals surface area contributed by atoms with Crippen LogP contribution in [0.25, 0.3) is 0 Å². The molecule has 4 fully saturated rings. The van der Waals surface area contributed by atoms with Gasteiger partial charge in [-0.15, -0.1) is 16.7 Å². The highest BCUT2D eigenvalue weighted by Gasteiger charge is 2.74. The van der Waals surface area contributed by atoms with Crippen molar-refractivity contribution in [2.24, 2.45) is 27.8 Å². The van der Waals surface area contributed by atoms with Crippen molar-refractivity contribution in [3.8, 4) is 0 Å². The monoisotopic (exact) mass is 635 g/mol. The van der Waals surface area contributed by atoms with Crippen LogP contribution in [0.3, 0.4) is 0 Å². The summed E-state index contributed by atoms with van der Waals surface area (Å²) in [4.78, 5) is 14.1. The second-order valence-electron chi connectivity index (χ2n) is 15.6. The van der Waals surface area contributed by atoms with Crippen LogP contribution in [0, 0.1) is 27.6 Å². The first kappa shape index (κ1) is 32.5. The van der Waals surface area contributed by atoms with E-state index in [2.05, 4.69) is 50.2 Å². The van der Waals surface area contributed by atoms with E-state index in [0.717, 1.165) is 34.3 Å². The summed E-state index contributed by atoms with van der Waals surface area (Å²) in [5.41, 5.74) is -4.30. The van der Waals surface area contributed by atoms with Gasteiger partial charge in [-0.1, -0.05) is 50.6 Å². The van der Waals surface area contributed by atoms with Crippen molar-refractivity contribution in [1.82, 2.24) is 0 Å². The van der Waals surface area contributed by atoms with Crippen molar-refractivity contribution in [3.63, 3.8) is 0 Å². The maximum Gasteiger partial charge on any atom is 0.281 e. The fourth-order valence-electron chi connectivity index (χ4n) is 9.79. The first-order valence-corrected chi connectivity index (χ1v) is 17.3. The van der Waals surface area contributed by atoms with Crippen LogP contribution in [0.4, 0.5) is 13.2 Å². The Bertz CT molecular complexity index is 1320. The highest BCUT2D eigenvalue weighted by atomic mass is 32.2. The summed E-state index contributed by atoms with van der Waals surface area (Å²) in [5, 5.41) is 16.0. The lowest BCUT2D eigenvalue weighted by Gasteiger charge is -2.59. The van der Waals surface area contributed by atoms with Gasteiger partial charge in [-0.2, -0.15) is 0 Å². The summed E-state index contributed by atoms with van der Waals surface area (Å²) in [6.07, 6.45) is 3.44. The van der Waals surface area contributed by atoms with E-state index in [1.807, 2.05) is 6.92 Å². The zero-order chi connectivity index (χ0) is 32.0. The molecule has 1 saturated heterocycles. The smallest absolute Gasteiger partial charge is 0.281 e. The minimum atomic E-state index is -3.72. The van der Waals surface area contributed by atoms with Crippen molar-refractivity contribution in [1.29, 1.82) is 0 Å². The van der Waals surface area contributed by atoms with Gasteiger partial charge in [-0.3, -0.25) is 0 Å². The highest BCUT2D eigenvalue weighted by Crippen LogP contribution is 2.71. The Morgan fingerprint density at radius 1 is 1.02 bits per heavy atom. The Balaban J connectivity index is 1.47. The molecule has 3 saturated carbocycles. The quantitative estimate of drug-likeness (QED) is 0.192. The predicted octanol–water partition coefficient (Wildman–Crippen LogP) is 8.98. The molecule has 1 N–H and O–H groups in total. The molecule has 5 aliphatic rings. The number of nitrogens with zero attached hydrogens (tertiary/aromatic N) is 1. The van der Waals surface area contributed by atoms with Crippen molar-refractivity contribution in [3.05, 3.63) is 45.9 Å². The molecule has 244 valence electrons. The molecule has 6 rings (SSSR count). The molecule has 1 spiro atoms. The van der Waals surface area contributed by atoms with Gasteiger partial charge in [0.1, 0.15) is 11.1 Å². The SMILES string of the molecule is CCSc1ccc(C2CC3(C)C(CCC3(O)C(C)(F)C(C)(F)F)C3CCC4(N=O)CC5(CCC4=C23)OCC(C)(C)CO5)cc1. The number of hydrogen-bond donors (Lipinski definition) is 1. The molecule has 1 aromatic rings. The van der Waals surface area contributed by atoms with Crippen LogP contribution >= 0.6 is 11.8 Å². The van der Waals surface area contributed by atoms with Crippen molar-refractivity contribution in [2.75, 3.05) is 19.0 Å². The highest BCUT2D eigenvalue weighted by molar-refractivity contribution is 7.99. The summed E-state index contributed by atoms with van der Waals surface area (Å²) < 4.78 is 58.9. The molecule has 5 nitrogen and oxygen atoms in total. The minimum absolute atomic E-state index is 0.0276. The zero-order valence-corrected chi connectivity index (χ0v) is 27.8. The number of aliphatic hydroxyl groups is 1. The second-order valence-corrected chi connectivity index (χ2v) is 16.9. The number of fused-ring (bicyclic) bond motifs is 4. The molecule has 0 aromatic heterocycles. The van der Waals surface area contributed by atoms with Gasteiger partial charge >= 0.3 is 0 Å². The van der Waals surface area contributed by atoms with Crippen molar-refractivity contribution in [2.45, 2.75) is 132 Å². The first-order valence-electron chi connectivity index (χ1n) is 16.3. The van der Waals surface area contributed by atoms with Crippen molar-refractivity contribution >= 4 is 11.8 Å². The fraction of sp³-hybridized carbons (Fsp3) is 0.771. The maximum absolute atomic E-state index is 16.3. The number of rotatable bonds is 6. The third-order valence-electron chi connectivity index (χ3n) is 12.4. The zero-order valence-electron chi connectivity index (χ0n) is 27.0. The Morgan fingerprint density at radius 3 is 2.27 bits per heavy atom.